The van der Waals surface area contributed by atoms with E-state index in [4.69, 9.17) is 11.6 Å². The lowest BCUT2D eigenvalue weighted by Crippen LogP contribution is -2.32. The van der Waals surface area contributed by atoms with Crippen LogP contribution < -0.4 is 4.72 Å². The summed E-state index contributed by atoms with van der Waals surface area (Å²) in [7, 11) is -2.17. The number of alkyl halides is 1. The molecule has 0 bridgehead atoms. The van der Waals surface area contributed by atoms with Crippen molar-refractivity contribution >= 4 is 27.6 Å². The Morgan fingerprint density at radius 3 is 2.57 bits per heavy atom. The third-order valence-corrected chi connectivity index (χ3v) is 3.14. The monoisotopic (exact) mass is 243 g/mol. The summed E-state index contributed by atoms with van der Waals surface area (Å²) in [4.78, 5) is 10.6. The molecule has 0 saturated carbocycles. The van der Waals surface area contributed by atoms with Gasteiger partial charge in [-0.15, -0.1) is 11.6 Å². The second-order valence-electron chi connectivity index (χ2n) is 2.61. The van der Waals surface area contributed by atoms with E-state index in [9.17, 15) is 13.2 Å². The van der Waals surface area contributed by atoms with E-state index in [1.54, 1.807) is 0 Å². The van der Waals surface area contributed by atoms with Gasteiger partial charge in [-0.05, 0) is 12.8 Å². The highest BCUT2D eigenvalue weighted by Gasteiger charge is 2.11. The number of carbonyl (C=O) groups is 1. The van der Waals surface area contributed by atoms with Crippen molar-refractivity contribution in [3.8, 4) is 0 Å². The summed E-state index contributed by atoms with van der Waals surface area (Å²) in [6, 6.07) is 0. The number of hydrogen-bond acceptors (Lipinski definition) is 4. The minimum absolute atomic E-state index is 0.0171. The van der Waals surface area contributed by atoms with Gasteiger partial charge < -0.3 is 4.74 Å². The van der Waals surface area contributed by atoms with Crippen LogP contribution in [0.1, 0.15) is 12.8 Å². The Kier molecular flexibility index (Phi) is 6.86. The van der Waals surface area contributed by atoms with Gasteiger partial charge in [-0.2, -0.15) is 0 Å². The molecule has 1 N–H and O–H groups in total. The normalized spacial score (nSPS) is 11.3. The molecular formula is C7H14ClNO4S. The van der Waals surface area contributed by atoms with Gasteiger partial charge in [0, 0.05) is 5.88 Å². The number of rotatable bonds is 7. The van der Waals surface area contributed by atoms with Crippen molar-refractivity contribution in [3.05, 3.63) is 0 Å². The molecule has 0 aromatic heterocycles. The predicted octanol–water partition coefficient (Wildman–Crippen LogP) is 0.0978. The average molecular weight is 244 g/mol. The quantitative estimate of drug-likeness (QED) is 0.391. The van der Waals surface area contributed by atoms with Crippen LogP contribution >= 0.6 is 11.6 Å². The van der Waals surface area contributed by atoms with Gasteiger partial charge >= 0.3 is 5.97 Å². The Bertz CT molecular complexity index is 265. The lowest BCUT2D eigenvalue weighted by Gasteiger charge is -2.04. The molecule has 0 aliphatic heterocycles. The summed E-state index contributed by atoms with van der Waals surface area (Å²) in [5.41, 5.74) is 0. The van der Waals surface area contributed by atoms with Crippen LogP contribution in [-0.2, 0) is 19.6 Å². The van der Waals surface area contributed by atoms with Crippen LogP contribution in [0, 0.1) is 0 Å². The van der Waals surface area contributed by atoms with Gasteiger partial charge in [-0.1, -0.05) is 0 Å². The van der Waals surface area contributed by atoms with Crippen LogP contribution in [0.3, 0.4) is 0 Å². The van der Waals surface area contributed by atoms with E-state index in [2.05, 4.69) is 9.46 Å². The SMILES string of the molecule is COC(=O)CNS(=O)(=O)CCCCCl. The summed E-state index contributed by atoms with van der Waals surface area (Å²) in [5.74, 6) is -0.186. The topological polar surface area (TPSA) is 72.5 Å². The summed E-state index contributed by atoms with van der Waals surface area (Å²) < 4.78 is 28.7. The second-order valence-corrected chi connectivity index (χ2v) is 4.92. The molecule has 0 aromatic carbocycles. The first-order chi connectivity index (χ1) is 6.52. The van der Waals surface area contributed by atoms with Crippen molar-refractivity contribution < 1.29 is 17.9 Å². The zero-order valence-electron chi connectivity index (χ0n) is 7.95. The Labute approximate surface area is 88.8 Å². The average Bonchev–Trinajstić information content (AvgIpc) is 2.14. The largest absolute Gasteiger partial charge is 0.468 e. The molecule has 7 heteroatoms. The van der Waals surface area contributed by atoms with E-state index in [0.717, 1.165) is 0 Å². The maximum Gasteiger partial charge on any atom is 0.320 e. The lowest BCUT2D eigenvalue weighted by atomic mass is 10.4. The molecule has 0 rings (SSSR count). The zero-order chi connectivity index (χ0) is 11.0. The van der Waals surface area contributed by atoms with E-state index in [1.165, 1.54) is 7.11 Å². The molecule has 0 atom stereocenters. The first kappa shape index (κ1) is 13.7. The number of nitrogens with one attached hydrogen (secondary N) is 1. The Balaban J connectivity index is 3.78. The Morgan fingerprint density at radius 2 is 2.07 bits per heavy atom. The number of sulfonamides is 1. The van der Waals surface area contributed by atoms with Crippen LogP contribution in [0.2, 0.25) is 0 Å². The van der Waals surface area contributed by atoms with Crippen LogP contribution in [0.4, 0.5) is 0 Å². The summed E-state index contributed by atoms with van der Waals surface area (Å²) in [6.07, 6.45) is 1.13. The van der Waals surface area contributed by atoms with E-state index in [0.29, 0.717) is 18.7 Å². The Morgan fingerprint density at radius 1 is 1.43 bits per heavy atom. The highest BCUT2D eigenvalue weighted by Crippen LogP contribution is 1.96. The van der Waals surface area contributed by atoms with Gasteiger partial charge in [0.25, 0.3) is 0 Å². The number of unbranched alkanes of at least 4 members (excludes halogenated alkanes) is 1. The first-order valence-electron chi connectivity index (χ1n) is 4.12. The lowest BCUT2D eigenvalue weighted by molar-refractivity contribution is -0.139. The van der Waals surface area contributed by atoms with Gasteiger partial charge in [-0.3, -0.25) is 4.79 Å². The fraction of sp³-hybridized carbons (Fsp3) is 0.857. The van der Waals surface area contributed by atoms with Gasteiger partial charge in [0.2, 0.25) is 10.0 Å². The predicted molar refractivity (Wildman–Crippen MR) is 53.8 cm³/mol. The molecule has 0 amide bonds. The van der Waals surface area contributed by atoms with Crippen molar-refractivity contribution in [2.45, 2.75) is 12.8 Å². The minimum atomic E-state index is -3.37. The molecule has 0 saturated heterocycles. The van der Waals surface area contributed by atoms with Gasteiger partial charge in [0.15, 0.2) is 0 Å². The van der Waals surface area contributed by atoms with Crippen LogP contribution in [0.15, 0.2) is 0 Å². The summed E-state index contributed by atoms with van der Waals surface area (Å²) in [6.45, 7) is -0.320. The van der Waals surface area contributed by atoms with Crippen LogP contribution in [0.5, 0.6) is 0 Å². The molecule has 14 heavy (non-hydrogen) atoms. The molecule has 0 spiro atoms. The zero-order valence-corrected chi connectivity index (χ0v) is 9.53. The Hall–Kier alpha value is -0.330. The maximum atomic E-state index is 11.2. The molecule has 0 aromatic rings. The van der Waals surface area contributed by atoms with Crippen molar-refractivity contribution in [2.24, 2.45) is 0 Å². The summed E-state index contributed by atoms with van der Waals surface area (Å²) >= 11 is 5.39. The van der Waals surface area contributed by atoms with E-state index in [-0.39, 0.29) is 12.3 Å². The standard InChI is InChI=1S/C7H14ClNO4S/c1-13-7(10)6-9-14(11,12)5-3-2-4-8/h9H,2-6H2,1H3. The van der Waals surface area contributed by atoms with E-state index < -0.39 is 16.0 Å². The molecule has 0 unspecified atom stereocenters. The molecule has 0 heterocycles. The molecular weight excluding hydrogens is 230 g/mol. The van der Waals surface area contributed by atoms with Crippen LogP contribution in [-0.4, -0.2) is 39.7 Å². The molecule has 0 radical (unpaired) electrons. The number of halogens is 1. The number of methoxy groups -OCH3 is 1. The van der Waals surface area contributed by atoms with Crippen molar-refractivity contribution in [1.29, 1.82) is 0 Å². The second kappa shape index (κ2) is 7.03. The van der Waals surface area contributed by atoms with E-state index in [1.807, 2.05) is 0 Å². The van der Waals surface area contributed by atoms with Gasteiger partial charge in [-0.25, -0.2) is 13.1 Å². The number of ether oxygens (including phenoxy) is 1. The fourth-order valence-electron chi connectivity index (χ4n) is 0.700. The molecule has 0 aliphatic rings. The summed E-state index contributed by atoms with van der Waals surface area (Å²) in [5, 5.41) is 0. The third kappa shape index (κ3) is 7.11. The van der Waals surface area contributed by atoms with E-state index >= 15 is 0 Å². The number of esters is 1. The fourth-order valence-corrected chi connectivity index (χ4v) is 1.96. The molecule has 0 aliphatic carbocycles. The van der Waals surface area contributed by atoms with Gasteiger partial charge in [0.1, 0.15) is 6.54 Å². The molecule has 84 valence electrons. The minimum Gasteiger partial charge on any atom is -0.468 e. The smallest absolute Gasteiger partial charge is 0.320 e. The highest BCUT2D eigenvalue weighted by molar-refractivity contribution is 7.89. The van der Waals surface area contributed by atoms with Crippen molar-refractivity contribution in [1.82, 2.24) is 4.72 Å². The third-order valence-electron chi connectivity index (χ3n) is 1.46. The number of hydrogen-bond donors (Lipinski definition) is 1. The van der Waals surface area contributed by atoms with Gasteiger partial charge in [0.05, 0.1) is 12.9 Å². The first-order valence-corrected chi connectivity index (χ1v) is 6.30. The van der Waals surface area contributed by atoms with Crippen molar-refractivity contribution in [3.63, 3.8) is 0 Å². The molecule has 5 nitrogen and oxygen atoms in total. The maximum absolute atomic E-state index is 11.2. The molecule has 0 fully saturated rings. The number of carbonyl (C=O) groups excluding carboxylic acids is 1. The van der Waals surface area contributed by atoms with Crippen LogP contribution in [0.25, 0.3) is 0 Å². The van der Waals surface area contributed by atoms with Crippen molar-refractivity contribution in [2.75, 3.05) is 25.3 Å². The highest BCUT2D eigenvalue weighted by atomic mass is 35.5.